The molecule has 0 spiro atoms. The van der Waals surface area contributed by atoms with E-state index in [4.69, 9.17) is 11.5 Å². The van der Waals surface area contributed by atoms with Crippen LogP contribution in [-0.4, -0.2) is 23.1 Å². The van der Waals surface area contributed by atoms with Crippen LogP contribution in [0.25, 0.3) is 0 Å². The molecule has 0 heterocycles. The molecule has 0 bridgehead atoms. The minimum atomic E-state index is -2.08. The van der Waals surface area contributed by atoms with Gasteiger partial charge in [0.05, 0.1) is 0 Å². The summed E-state index contributed by atoms with van der Waals surface area (Å²) in [5.41, 5.74) is -2.08. The molecule has 1 radical (unpaired) electrons. The Morgan fingerprint density at radius 2 is 2.40 bits per heavy atom. The molecule has 1 atom stereocenters. The van der Waals surface area contributed by atoms with Crippen molar-refractivity contribution in [1.82, 2.24) is 0 Å². The van der Waals surface area contributed by atoms with Crippen molar-refractivity contribution >= 4 is 12.4 Å². The second-order valence-corrected chi connectivity index (χ2v) is 1.49. The topological polar surface area (TPSA) is 63.6 Å². The van der Waals surface area contributed by atoms with Gasteiger partial charge in [0.15, 0.2) is 0 Å². The van der Waals surface area contributed by atoms with E-state index in [2.05, 4.69) is 11.7 Å². The van der Waals surface area contributed by atoms with Gasteiger partial charge in [0.1, 0.15) is 0 Å². The fourth-order valence-electron chi connectivity index (χ4n) is 0.228. The van der Waals surface area contributed by atoms with E-state index in [1.807, 2.05) is 0 Å². The highest BCUT2D eigenvalue weighted by molar-refractivity contribution is 5.83. The number of carbonyl (C=O) groups is 2. The third-order valence-corrected chi connectivity index (χ3v) is 0.828. The highest BCUT2D eigenvalue weighted by Gasteiger charge is 2.32. The molecule has 53 valence electrons. The maximum absolute atomic E-state index is 10.2. The first-order valence-corrected chi connectivity index (χ1v) is 2.25. The molecule has 4 nitrogen and oxygen atoms in total. The van der Waals surface area contributed by atoms with Crippen LogP contribution in [-0.2, 0) is 14.3 Å². The number of terminal acetylenes is 1. The average molecular weight is 141 g/mol. The lowest BCUT2D eigenvalue weighted by Gasteiger charge is -2.14. The molecule has 0 aromatic rings. The Labute approximate surface area is 57.8 Å². The van der Waals surface area contributed by atoms with Crippen LogP contribution in [0.5, 0.6) is 0 Å². The second-order valence-electron chi connectivity index (χ2n) is 1.49. The first kappa shape index (κ1) is 8.50. The van der Waals surface area contributed by atoms with Crippen LogP contribution >= 0.6 is 0 Å². The fourth-order valence-corrected chi connectivity index (χ4v) is 0.228. The SMILES string of the molecule is C#CC([CH2])(OC=O)C(=O)O. The van der Waals surface area contributed by atoms with Crippen molar-refractivity contribution in [3.05, 3.63) is 6.92 Å². The van der Waals surface area contributed by atoms with Crippen molar-refractivity contribution in [3.8, 4) is 12.3 Å². The van der Waals surface area contributed by atoms with E-state index in [-0.39, 0.29) is 6.47 Å². The van der Waals surface area contributed by atoms with Crippen LogP contribution in [0.2, 0.25) is 0 Å². The molecule has 0 saturated carbocycles. The van der Waals surface area contributed by atoms with Gasteiger partial charge in [-0.25, -0.2) is 4.79 Å². The number of aliphatic carboxylic acids is 1. The van der Waals surface area contributed by atoms with Gasteiger partial charge in [0.25, 0.3) is 12.1 Å². The monoisotopic (exact) mass is 141 g/mol. The van der Waals surface area contributed by atoms with Gasteiger partial charge < -0.3 is 9.84 Å². The lowest BCUT2D eigenvalue weighted by Crippen LogP contribution is -2.36. The van der Waals surface area contributed by atoms with Crippen molar-refractivity contribution in [2.24, 2.45) is 0 Å². The Hall–Kier alpha value is -1.50. The Morgan fingerprint density at radius 3 is 2.50 bits per heavy atom. The molecule has 1 unspecified atom stereocenters. The van der Waals surface area contributed by atoms with Crippen LogP contribution in [0.4, 0.5) is 0 Å². The summed E-state index contributed by atoms with van der Waals surface area (Å²) < 4.78 is 4.01. The Morgan fingerprint density at radius 1 is 1.90 bits per heavy atom. The quantitative estimate of drug-likeness (QED) is 0.423. The molecule has 4 heteroatoms. The van der Waals surface area contributed by atoms with Gasteiger partial charge in [0.2, 0.25) is 0 Å². The summed E-state index contributed by atoms with van der Waals surface area (Å²) in [6.07, 6.45) is 4.72. The zero-order chi connectivity index (χ0) is 8.20. The van der Waals surface area contributed by atoms with Crippen LogP contribution in [0.15, 0.2) is 0 Å². The third-order valence-electron chi connectivity index (χ3n) is 0.828. The third kappa shape index (κ3) is 1.49. The van der Waals surface area contributed by atoms with Crippen molar-refractivity contribution in [2.75, 3.05) is 0 Å². The molecular weight excluding hydrogens is 136 g/mol. The van der Waals surface area contributed by atoms with Crippen molar-refractivity contribution in [2.45, 2.75) is 5.60 Å². The molecule has 0 aliphatic heterocycles. The zero-order valence-corrected chi connectivity index (χ0v) is 5.03. The Bertz CT molecular complexity index is 190. The molecule has 10 heavy (non-hydrogen) atoms. The summed E-state index contributed by atoms with van der Waals surface area (Å²) in [7, 11) is 0. The normalized spacial score (nSPS) is 14.4. The average Bonchev–Trinajstić information content (AvgIpc) is 1.88. The largest absolute Gasteiger partial charge is 0.478 e. The number of hydrogen-bond acceptors (Lipinski definition) is 3. The van der Waals surface area contributed by atoms with Crippen LogP contribution < -0.4 is 0 Å². The summed E-state index contributed by atoms with van der Waals surface area (Å²) in [5.74, 6) is 0.244. The van der Waals surface area contributed by atoms with Gasteiger partial charge in [-0.05, 0) is 5.92 Å². The number of carbonyl (C=O) groups excluding carboxylic acids is 1. The maximum atomic E-state index is 10.2. The summed E-state index contributed by atoms with van der Waals surface area (Å²) in [6.45, 7) is 2.93. The standard InChI is InChI=1S/C6H5O4/c1-3-6(2,5(8)9)10-4-7/h1,4H,2H2,(H,8,9). The summed E-state index contributed by atoms with van der Waals surface area (Å²) in [6, 6.07) is 0. The maximum Gasteiger partial charge on any atom is 0.361 e. The molecule has 0 amide bonds. The summed E-state index contributed by atoms with van der Waals surface area (Å²) in [4.78, 5) is 19.8. The molecule has 0 aromatic carbocycles. The van der Waals surface area contributed by atoms with Gasteiger partial charge in [0, 0.05) is 6.92 Å². The lowest BCUT2D eigenvalue weighted by molar-refractivity contribution is -0.159. The molecule has 0 aromatic heterocycles. The van der Waals surface area contributed by atoms with E-state index in [1.165, 1.54) is 0 Å². The predicted molar refractivity (Wildman–Crippen MR) is 31.7 cm³/mol. The van der Waals surface area contributed by atoms with E-state index in [0.717, 1.165) is 0 Å². The van der Waals surface area contributed by atoms with Gasteiger partial charge >= 0.3 is 5.97 Å². The minimum Gasteiger partial charge on any atom is -0.478 e. The zero-order valence-electron chi connectivity index (χ0n) is 5.03. The second kappa shape index (κ2) is 2.87. The number of ether oxygens (including phenoxy) is 1. The summed E-state index contributed by atoms with van der Waals surface area (Å²) in [5, 5.41) is 8.27. The van der Waals surface area contributed by atoms with Crippen molar-refractivity contribution < 1.29 is 19.4 Å². The number of hydrogen-bond donors (Lipinski definition) is 1. The summed E-state index contributed by atoms with van der Waals surface area (Å²) >= 11 is 0. The lowest BCUT2D eigenvalue weighted by atomic mass is 10.1. The molecule has 0 saturated heterocycles. The molecule has 0 rings (SSSR count). The molecule has 0 fully saturated rings. The van der Waals surface area contributed by atoms with Crippen molar-refractivity contribution in [1.29, 1.82) is 0 Å². The van der Waals surface area contributed by atoms with Gasteiger partial charge in [-0.1, -0.05) is 0 Å². The fraction of sp³-hybridized carbons (Fsp3) is 0.167. The van der Waals surface area contributed by atoms with Crippen LogP contribution in [0.3, 0.4) is 0 Å². The Balaban J connectivity index is 4.42. The molecule has 1 N–H and O–H groups in total. The van der Waals surface area contributed by atoms with Crippen molar-refractivity contribution in [3.63, 3.8) is 0 Å². The van der Waals surface area contributed by atoms with E-state index in [1.54, 1.807) is 5.92 Å². The first-order chi connectivity index (χ1) is 4.56. The molecular formula is C6H5O4. The van der Waals surface area contributed by atoms with Gasteiger partial charge in [-0.15, -0.1) is 6.42 Å². The van der Waals surface area contributed by atoms with Crippen LogP contribution in [0, 0.1) is 19.3 Å². The number of rotatable bonds is 3. The first-order valence-electron chi connectivity index (χ1n) is 2.25. The predicted octanol–water partition coefficient (Wildman–Crippen LogP) is -0.550. The van der Waals surface area contributed by atoms with Gasteiger partial charge in [-0.3, -0.25) is 4.79 Å². The number of carboxylic acids is 1. The smallest absolute Gasteiger partial charge is 0.361 e. The molecule has 0 aliphatic rings. The highest BCUT2D eigenvalue weighted by atomic mass is 16.6. The van der Waals surface area contributed by atoms with E-state index >= 15 is 0 Å². The van der Waals surface area contributed by atoms with Crippen LogP contribution in [0.1, 0.15) is 0 Å². The minimum absolute atomic E-state index is 0.0546. The highest BCUT2D eigenvalue weighted by Crippen LogP contribution is 2.05. The van der Waals surface area contributed by atoms with Gasteiger partial charge in [-0.2, -0.15) is 0 Å². The Kier molecular flexibility index (Phi) is 2.44. The molecule has 0 aliphatic carbocycles. The number of carboxylic acid groups (broad SMARTS) is 1. The van der Waals surface area contributed by atoms with E-state index in [0.29, 0.717) is 0 Å². The van der Waals surface area contributed by atoms with E-state index < -0.39 is 11.6 Å². The van der Waals surface area contributed by atoms with E-state index in [9.17, 15) is 9.59 Å².